The lowest BCUT2D eigenvalue weighted by Crippen LogP contribution is -1.93. The van der Waals surface area contributed by atoms with Crippen LogP contribution in [0.1, 0.15) is 24.0 Å². The minimum atomic E-state index is 0.979. The molecule has 2 heterocycles. The molecular formula is C41H30N2. The van der Waals surface area contributed by atoms with Gasteiger partial charge < -0.3 is 0 Å². The molecule has 0 saturated carbocycles. The van der Waals surface area contributed by atoms with Crippen LogP contribution in [0.15, 0.2) is 139 Å². The minimum absolute atomic E-state index is 0.979. The van der Waals surface area contributed by atoms with Crippen molar-refractivity contribution >= 4 is 44.1 Å². The van der Waals surface area contributed by atoms with E-state index in [1.54, 1.807) is 0 Å². The second kappa shape index (κ2) is 10.5. The number of hydrogen-bond acceptors (Lipinski definition) is 2. The van der Waals surface area contributed by atoms with Crippen molar-refractivity contribution in [1.82, 2.24) is 4.98 Å². The van der Waals surface area contributed by atoms with E-state index in [4.69, 9.17) is 4.98 Å². The van der Waals surface area contributed by atoms with Crippen LogP contribution in [0.5, 0.6) is 0 Å². The van der Waals surface area contributed by atoms with Gasteiger partial charge in [-0.15, -0.1) is 0 Å². The number of aromatic nitrogens is 1. The van der Waals surface area contributed by atoms with Crippen molar-refractivity contribution in [3.8, 4) is 33.5 Å². The van der Waals surface area contributed by atoms with Gasteiger partial charge in [0.1, 0.15) is 0 Å². The standard InChI is InChI=1S/C41H30N2/c1-27-12-13-28-14-19-31(24-34(28)23-27)41-37-10-4-2-8-35(37)40(36-9-3-5-11-38(36)41)30-17-15-29(16-18-30)39-21-20-33(26-43-39)32-7-6-22-42-25-32/h2-5,8-26H,6-7H2,1H3. The van der Waals surface area contributed by atoms with Crippen molar-refractivity contribution in [2.45, 2.75) is 19.8 Å². The van der Waals surface area contributed by atoms with Gasteiger partial charge in [0, 0.05) is 24.2 Å². The molecule has 0 saturated heterocycles. The maximum absolute atomic E-state index is 4.81. The summed E-state index contributed by atoms with van der Waals surface area (Å²) >= 11 is 0. The Morgan fingerprint density at radius 2 is 1.14 bits per heavy atom. The number of benzene rings is 6. The predicted octanol–water partition coefficient (Wildman–Crippen LogP) is 11.1. The molecule has 1 aliphatic heterocycles. The fourth-order valence-corrected chi connectivity index (χ4v) is 6.56. The molecule has 0 unspecified atom stereocenters. The summed E-state index contributed by atoms with van der Waals surface area (Å²) in [6.45, 7) is 2.16. The zero-order valence-corrected chi connectivity index (χ0v) is 24.1. The molecule has 43 heavy (non-hydrogen) atoms. The van der Waals surface area contributed by atoms with Gasteiger partial charge in [-0.2, -0.15) is 0 Å². The number of hydrogen-bond donors (Lipinski definition) is 0. The van der Waals surface area contributed by atoms with E-state index in [0.29, 0.717) is 0 Å². The summed E-state index contributed by atoms with van der Waals surface area (Å²) in [4.78, 5) is 9.13. The van der Waals surface area contributed by atoms with E-state index in [1.165, 1.54) is 65.7 Å². The Bertz CT molecular complexity index is 2160. The number of nitrogens with zero attached hydrogens (tertiary/aromatic N) is 2. The second-order valence-corrected chi connectivity index (χ2v) is 11.4. The van der Waals surface area contributed by atoms with E-state index in [2.05, 4.69) is 133 Å². The molecule has 0 aliphatic carbocycles. The maximum Gasteiger partial charge on any atom is 0.0702 e. The molecule has 1 aromatic heterocycles. The fourth-order valence-electron chi connectivity index (χ4n) is 6.56. The number of aryl methyl sites for hydroxylation is 1. The Hall–Kier alpha value is -5.34. The normalized spacial score (nSPS) is 13.1. The first-order valence-electron chi connectivity index (χ1n) is 15.0. The van der Waals surface area contributed by atoms with Gasteiger partial charge in [0.15, 0.2) is 0 Å². The van der Waals surface area contributed by atoms with Gasteiger partial charge in [0.25, 0.3) is 0 Å². The lowest BCUT2D eigenvalue weighted by molar-refractivity contribution is 1.10. The highest BCUT2D eigenvalue weighted by Crippen LogP contribution is 2.44. The average Bonchev–Trinajstić information content (AvgIpc) is 3.07. The van der Waals surface area contributed by atoms with Gasteiger partial charge in [-0.1, -0.05) is 115 Å². The van der Waals surface area contributed by atoms with E-state index in [-0.39, 0.29) is 0 Å². The average molecular weight is 551 g/mol. The summed E-state index contributed by atoms with van der Waals surface area (Å²) in [6, 6.07) is 44.4. The van der Waals surface area contributed by atoms with Gasteiger partial charge in [-0.05, 0) is 97.6 Å². The molecule has 204 valence electrons. The molecule has 7 aromatic rings. The molecule has 0 bridgehead atoms. The Labute approximate surface area is 251 Å². The van der Waals surface area contributed by atoms with E-state index in [0.717, 1.165) is 29.7 Å². The highest BCUT2D eigenvalue weighted by molar-refractivity contribution is 6.21. The number of fused-ring (bicyclic) bond motifs is 3. The lowest BCUT2D eigenvalue weighted by atomic mass is 9.85. The third-order valence-electron chi connectivity index (χ3n) is 8.70. The van der Waals surface area contributed by atoms with Gasteiger partial charge >= 0.3 is 0 Å². The van der Waals surface area contributed by atoms with Crippen molar-refractivity contribution in [3.05, 3.63) is 145 Å². The smallest absolute Gasteiger partial charge is 0.0702 e. The molecule has 0 N–H and O–H groups in total. The molecule has 2 heteroatoms. The molecule has 0 spiro atoms. The summed E-state index contributed by atoms with van der Waals surface area (Å²) < 4.78 is 0. The Kier molecular flexibility index (Phi) is 6.19. The number of aliphatic imine (C=N–C) groups is 1. The number of rotatable bonds is 4. The monoisotopic (exact) mass is 550 g/mol. The topological polar surface area (TPSA) is 25.2 Å². The molecule has 2 nitrogen and oxygen atoms in total. The highest BCUT2D eigenvalue weighted by Gasteiger charge is 2.17. The number of pyridine rings is 1. The molecule has 0 amide bonds. The Balaban J connectivity index is 1.26. The minimum Gasteiger partial charge on any atom is -0.269 e. The van der Waals surface area contributed by atoms with E-state index < -0.39 is 0 Å². The zero-order valence-electron chi connectivity index (χ0n) is 24.1. The molecule has 6 aromatic carbocycles. The molecule has 0 radical (unpaired) electrons. The van der Waals surface area contributed by atoms with Crippen LogP contribution < -0.4 is 0 Å². The van der Waals surface area contributed by atoms with Gasteiger partial charge in [-0.3, -0.25) is 9.98 Å². The van der Waals surface area contributed by atoms with Crippen LogP contribution in [0.3, 0.4) is 0 Å². The molecule has 0 atom stereocenters. The van der Waals surface area contributed by atoms with Crippen molar-refractivity contribution in [3.63, 3.8) is 0 Å². The largest absolute Gasteiger partial charge is 0.269 e. The summed E-state index contributed by atoms with van der Waals surface area (Å²) in [5.74, 6) is 0. The van der Waals surface area contributed by atoms with Gasteiger partial charge in [0.2, 0.25) is 0 Å². The van der Waals surface area contributed by atoms with Gasteiger partial charge in [0.05, 0.1) is 5.69 Å². The third-order valence-corrected chi connectivity index (χ3v) is 8.70. The maximum atomic E-state index is 4.81. The van der Waals surface area contributed by atoms with Crippen LogP contribution >= 0.6 is 0 Å². The van der Waals surface area contributed by atoms with Crippen LogP contribution in [-0.4, -0.2) is 11.2 Å². The SMILES string of the molecule is Cc1ccc2ccc(-c3c4ccccc4c(-c4ccc(-c5ccc(C6=CN=CCC6)cn5)cc4)c4ccccc34)cc2c1. The van der Waals surface area contributed by atoms with Crippen LogP contribution in [0.4, 0.5) is 0 Å². The summed E-state index contributed by atoms with van der Waals surface area (Å²) in [6.07, 6.45) is 7.90. The van der Waals surface area contributed by atoms with Crippen molar-refractivity contribution in [1.29, 1.82) is 0 Å². The highest BCUT2D eigenvalue weighted by atomic mass is 14.7. The quantitative estimate of drug-likeness (QED) is 0.200. The second-order valence-electron chi connectivity index (χ2n) is 11.4. The van der Waals surface area contributed by atoms with E-state index in [1.807, 2.05) is 18.6 Å². The Morgan fingerprint density at radius 3 is 1.77 bits per heavy atom. The van der Waals surface area contributed by atoms with Crippen LogP contribution in [-0.2, 0) is 0 Å². The molecule has 8 rings (SSSR count). The first-order valence-corrected chi connectivity index (χ1v) is 15.0. The van der Waals surface area contributed by atoms with Crippen molar-refractivity contribution in [2.24, 2.45) is 4.99 Å². The van der Waals surface area contributed by atoms with Gasteiger partial charge in [-0.25, -0.2) is 0 Å². The lowest BCUT2D eigenvalue weighted by Gasteiger charge is -2.18. The molecular weight excluding hydrogens is 520 g/mol. The first-order chi connectivity index (χ1) is 21.2. The summed E-state index contributed by atoms with van der Waals surface area (Å²) in [7, 11) is 0. The predicted molar refractivity (Wildman–Crippen MR) is 184 cm³/mol. The van der Waals surface area contributed by atoms with Crippen molar-refractivity contribution in [2.75, 3.05) is 0 Å². The first kappa shape index (κ1) is 25.4. The summed E-state index contributed by atoms with van der Waals surface area (Å²) in [5.41, 5.74) is 10.8. The van der Waals surface area contributed by atoms with Crippen LogP contribution in [0.25, 0.3) is 71.4 Å². The summed E-state index contributed by atoms with van der Waals surface area (Å²) in [5, 5.41) is 7.61. The third kappa shape index (κ3) is 4.52. The van der Waals surface area contributed by atoms with Crippen LogP contribution in [0, 0.1) is 6.92 Å². The zero-order chi connectivity index (χ0) is 28.8. The fraction of sp³-hybridized carbons (Fsp3) is 0.0732. The molecule has 1 aliphatic rings. The molecule has 0 fully saturated rings. The van der Waals surface area contributed by atoms with Crippen LogP contribution in [0.2, 0.25) is 0 Å². The van der Waals surface area contributed by atoms with E-state index in [9.17, 15) is 0 Å². The van der Waals surface area contributed by atoms with E-state index >= 15 is 0 Å². The number of allylic oxidation sites excluding steroid dienone is 1. The Morgan fingerprint density at radius 1 is 0.535 bits per heavy atom. The van der Waals surface area contributed by atoms with Crippen molar-refractivity contribution < 1.29 is 0 Å².